The van der Waals surface area contributed by atoms with Crippen LogP contribution in [0.5, 0.6) is 0 Å². The number of aromatic nitrogens is 3. The monoisotopic (exact) mass is 398 g/mol. The van der Waals surface area contributed by atoms with Gasteiger partial charge in [0.1, 0.15) is 11.6 Å². The average Bonchev–Trinajstić information content (AvgIpc) is 3.13. The number of nitrogens with zero attached hydrogens (tertiary/aromatic N) is 3. The lowest BCUT2D eigenvalue weighted by molar-refractivity contribution is -0.142. The SMILES string of the molecule is COC(=O)[C@@H](CCSC)NC(=O)c1ccc(Cn2nnc3ccccc32)cc1. The van der Waals surface area contributed by atoms with E-state index in [0.29, 0.717) is 18.5 Å². The zero-order valence-corrected chi connectivity index (χ0v) is 16.6. The summed E-state index contributed by atoms with van der Waals surface area (Å²) in [5.74, 6) is 0.0246. The van der Waals surface area contributed by atoms with Crippen LogP contribution in [0.15, 0.2) is 48.5 Å². The third-order valence-corrected chi connectivity index (χ3v) is 5.01. The summed E-state index contributed by atoms with van der Waals surface area (Å²) >= 11 is 1.61. The van der Waals surface area contributed by atoms with E-state index in [9.17, 15) is 9.59 Å². The highest BCUT2D eigenvalue weighted by Crippen LogP contribution is 2.13. The molecule has 0 aliphatic carbocycles. The highest BCUT2D eigenvalue weighted by Gasteiger charge is 2.21. The van der Waals surface area contributed by atoms with E-state index in [1.807, 2.05) is 47.3 Å². The van der Waals surface area contributed by atoms with Crippen molar-refractivity contribution in [2.24, 2.45) is 0 Å². The smallest absolute Gasteiger partial charge is 0.328 e. The minimum absolute atomic E-state index is 0.297. The Kier molecular flexibility index (Phi) is 6.65. The molecule has 0 saturated heterocycles. The van der Waals surface area contributed by atoms with Crippen LogP contribution in [0, 0.1) is 0 Å². The van der Waals surface area contributed by atoms with Gasteiger partial charge in [-0.1, -0.05) is 29.5 Å². The van der Waals surface area contributed by atoms with Gasteiger partial charge in [0.05, 0.1) is 19.2 Å². The Morgan fingerprint density at radius 1 is 1.18 bits per heavy atom. The molecule has 7 nitrogen and oxygen atoms in total. The van der Waals surface area contributed by atoms with Gasteiger partial charge in [-0.05, 0) is 48.3 Å². The second-order valence-electron chi connectivity index (χ2n) is 6.26. The van der Waals surface area contributed by atoms with Gasteiger partial charge in [0.25, 0.3) is 5.91 Å². The number of nitrogens with one attached hydrogen (secondary N) is 1. The summed E-state index contributed by atoms with van der Waals surface area (Å²) in [5, 5.41) is 11.1. The quantitative estimate of drug-likeness (QED) is 0.587. The van der Waals surface area contributed by atoms with Crippen molar-refractivity contribution >= 4 is 34.7 Å². The topological polar surface area (TPSA) is 86.1 Å². The molecule has 0 fully saturated rings. The molecule has 8 heteroatoms. The van der Waals surface area contributed by atoms with Gasteiger partial charge >= 0.3 is 5.97 Å². The molecule has 1 amide bonds. The number of thioether (sulfide) groups is 1. The third-order valence-electron chi connectivity index (χ3n) is 4.37. The van der Waals surface area contributed by atoms with E-state index in [4.69, 9.17) is 4.74 Å². The van der Waals surface area contributed by atoms with Crippen molar-refractivity contribution in [2.45, 2.75) is 19.0 Å². The largest absolute Gasteiger partial charge is 0.467 e. The molecule has 28 heavy (non-hydrogen) atoms. The molecular weight excluding hydrogens is 376 g/mol. The first-order valence-corrected chi connectivity index (χ1v) is 10.3. The molecule has 0 unspecified atom stereocenters. The van der Waals surface area contributed by atoms with Gasteiger partial charge in [0.2, 0.25) is 0 Å². The first-order chi connectivity index (χ1) is 13.6. The number of amides is 1. The van der Waals surface area contributed by atoms with E-state index in [1.165, 1.54) is 7.11 Å². The van der Waals surface area contributed by atoms with Crippen LogP contribution in [-0.2, 0) is 16.1 Å². The molecule has 0 saturated carbocycles. The Labute approximate surface area is 167 Å². The van der Waals surface area contributed by atoms with Gasteiger partial charge < -0.3 is 10.1 Å². The van der Waals surface area contributed by atoms with Crippen LogP contribution >= 0.6 is 11.8 Å². The normalized spacial score (nSPS) is 11.9. The zero-order valence-electron chi connectivity index (χ0n) is 15.8. The Morgan fingerprint density at radius 2 is 1.93 bits per heavy atom. The van der Waals surface area contributed by atoms with Crippen LogP contribution in [0.25, 0.3) is 11.0 Å². The van der Waals surface area contributed by atoms with Crippen LogP contribution in [0.2, 0.25) is 0 Å². The lowest BCUT2D eigenvalue weighted by atomic mass is 10.1. The standard InChI is InChI=1S/C20H22N4O3S/c1-27-20(26)17(11-12-28-2)21-19(25)15-9-7-14(8-10-15)13-24-18-6-4-3-5-16(18)22-23-24/h3-10,17H,11-13H2,1-2H3,(H,21,25)/t17-/m1/s1. The predicted molar refractivity (Wildman–Crippen MR) is 109 cm³/mol. The molecule has 1 atom stereocenters. The molecule has 146 valence electrons. The zero-order chi connectivity index (χ0) is 19.9. The van der Waals surface area contributed by atoms with Gasteiger partial charge in [0, 0.05) is 5.56 Å². The van der Waals surface area contributed by atoms with Crippen molar-refractivity contribution in [1.29, 1.82) is 0 Å². The Balaban J connectivity index is 1.67. The third kappa shape index (κ3) is 4.69. The summed E-state index contributed by atoms with van der Waals surface area (Å²) in [5.41, 5.74) is 3.29. The second kappa shape index (κ2) is 9.36. The van der Waals surface area contributed by atoms with Gasteiger partial charge in [-0.15, -0.1) is 5.10 Å². The van der Waals surface area contributed by atoms with Gasteiger partial charge in [-0.25, -0.2) is 9.48 Å². The number of hydrogen-bond acceptors (Lipinski definition) is 6. The maximum Gasteiger partial charge on any atom is 0.328 e. The number of methoxy groups -OCH3 is 1. The van der Waals surface area contributed by atoms with Crippen molar-refractivity contribution in [3.05, 3.63) is 59.7 Å². The summed E-state index contributed by atoms with van der Waals surface area (Å²) in [4.78, 5) is 24.4. The van der Waals surface area contributed by atoms with Gasteiger partial charge in [-0.2, -0.15) is 11.8 Å². The minimum atomic E-state index is -0.647. The molecule has 3 aromatic rings. The lowest BCUT2D eigenvalue weighted by Crippen LogP contribution is -2.41. The molecule has 3 rings (SSSR count). The van der Waals surface area contributed by atoms with E-state index >= 15 is 0 Å². The van der Waals surface area contributed by atoms with Crippen molar-refractivity contribution in [3.8, 4) is 0 Å². The fraction of sp³-hybridized carbons (Fsp3) is 0.300. The number of esters is 1. The van der Waals surface area contributed by atoms with Crippen molar-refractivity contribution in [3.63, 3.8) is 0 Å². The number of para-hydroxylation sites is 1. The highest BCUT2D eigenvalue weighted by molar-refractivity contribution is 7.98. The summed E-state index contributed by atoms with van der Waals surface area (Å²) in [6.45, 7) is 0.556. The van der Waals surface area contributed by atoms with Crippen molar-refractivity contribution in [1.82, 2.24) is 20.3 Å². The molecule has 1 aromatic heterocycles. The summed E-state index contributed by atoms with van der Waals surface area (Å²) < 4.78 is 6.60. The lowest BCUT2D eigenvalue weighted by Gasteiger charge is -2.16. The summed E-state index contributed by atoms with van der Waals surface area (Å²) in [6.07, 6.45) is 2.48. The van der Waals surface area contributed by atoms with Gasteiger partial charge in [0.15, 0.2) is 0 Å². The highest BCUT2D eigenvalue weighted by atomic mass is 32.2. The number of benzene rings is 2. The Morgan fingerprint density at radius 3 is 2.64 bits per heavy atom. The molecule has 0 bridgehead atoms. The fourth-order valence-electron chi connectivity index (χ4n) is 2.84. The molecule has 1 heterocycles. The van der Waals surface area contributed by atoms with Crippen molar-refractivity contribution in [2.75, 3.05) is 19.1 Å². The van der Waals surface area contributed by atoms with Crippen LogP contribution in [-0.4, -0.2) is 52.0 Å². The van der Waals surface area contributed by atoms with Crippen LogP contribution in [0.1, 0.15) is 22.3 Å². The Hall–Kier alpha value is -2.87. The van der Waals surface area contributed by atoms with E-state index in [-0.39, 0.29) is 5.91 Å². The van der Waals surface area contributed by atoms with Crippen LogP contribution in [0.4, 0.5) is 0 Å². The number of hydrogen-bond donors (Lipinski definition) is 1. The molecule has 0 radical (unpaired) electrons. The number of fused-ring (bicyclic) bond motifs is 1. The van der Waals surface area contributed by atoms with Gasteiger partial charge in [-0.3, -0.25) is 4.79 Å². The van der Waals surface area contributed by atoms with Crippen LogP contribution in [0.3, 0.4) is 0 Å². The van der Waals surface area contributed by atoms with E-state index in [1.54, 1.807) is 23.9 Å². The second-order valence-corrected chi connectivity index (χ2v) is 7.25. The molecule has 0 spiro atoms. The van der Waals surface area contributed by atoms with Crippen molar-refractivity contribution < 1.29 is 14.3 Å². The first-order valence-electron chi connectivity index (χ1n) is 8.87. The van der Waals surface area contributed by atoms with E-state index in [0.717, 1.165) is 22.3 Å². The molecule has 0 aliphatic rings. The van der Waals surface area contributed by atoms with E-state index in [2.05, 4.69) is 15.6 Å². The van der Waals surface area contributed by atoms with E-state index < -0.39 is 12.0 Å². The van der Waals surface area contributed by atoms with Crippen LogP contribution < -0.4 is 5.32 Å². The molecule has 1 N–H and O–H groups in total. The molecule has 0 aliphatic heterocycles. The number of carbonyl (C=O) groups excluding carboxylic acids is 2. The maximum atomic E-state index is 12.5. The number of carbonyl (C=O) groups is 2. The Bertz CT molecular complexity index is 955. The number of rotatable bonds is 8. The summed E-state index contributed by atoms with van der Waals surface area (Å²) in [7, 11) is 1.32. The minimum Gasteiger partial charge on any atom is -0.467 e. The predicted octanol–water partition coefficient (Wildman–Crippen LogP) is 2.50. The average molecular weight is 398 g/mol. The molecular formula is C20H22N4O3S. The fourth-order valence-corrected chi connectivity index (χ4v) is 3.31. The maximum absolute atomic E-state index is 12.5. The molecule has 2 aromatic carbocycles. The number of ether oxygens (including phenoxy) is 1. The summed E-state index contributed by atoms with van der Waals surface area (Å²) in [6, 6.07) is 14.4. The first kappa shape index (κ1) is 19.9.